The number of thiophene rings is 1. The molecule has 4 rings (SSSR count). The lowest BCUT2D eigenvalue weighted by atomic mass is 10.1. The van der Waals surface area contributed by atoms with Crippen LogP contribution in [0.25, 0.3) is 10.2 Å². The average molecular weight is 285 g/mol. The molecule has 0 aromatic carbocycles. The van der Waals surface area contributed by atoms with Gasteiger partial charge in [0.1, 0.15) is 12.1 Å². The van der Waals surface area contributed by atoms with Crippen molar-refractivity contribution in [2.45, 2.75) is 19.9 Å². The van der Waals surface area contributed by atoms with Gasteiger partial charge in [0, 0.05) is 18.8 Å². The Morgan fingerprint density at radius 3 is 2.85 bits per heavy atom. The van der Waals surface area contributed by atoms with Crippen LogP contribution in [0.3, 0.4) is 0 Å². The molecule has 0 saturated carbocycles. The summed E-state index contributed by atoms with van der Waals surface area (Å²) >= 11 is 1.71. The van der Waals surface area contributed by atoms with Crippen molar-refractivity contribution in [2.75, 3.05) is 18.0 Å². The van der Waals surface area contributed by atoms with Gasteiger partial charge in [-0.25, -0.2) is 9.97 Å². The molecule has 1 fully saturated rings. The number of nitrogens with zero attached hydrogens (tertiary/aromatic N) is 5. The smallest absolute Gasteiger partial charge is 0.150 e. The van der Waals surface area contributed by atoms with E-state index in [2.05, 4.69) is 43.0 Å². The molecule has 0 unspecified atom stereocenters. The number of anilines is 1. The highest BCUT2D eigenvalue weighted by molar-refractivity contribution is 7.17. The monoisotopic (exact) mass is 285 g/mol. The van der Waals surface area contributed by atoms with Gasteiger partial charge in [-0.15, -0.1) is 11.3 Å². The Hall–Kier alpha value is -1.95. The highest BCUT2D eigenvalue weighted by Gasteiger charge is 2.31. The second-order valence-corrected chi connectivity index (χ2v) is 6.18. The summed E-state index contributed by atoms with van der Waals surface area (Å²) in [4.78, 5) is 11.1. The van der Waals surface area contributed by atoms with Gasteiger partial charge in [0.15, 0.2) is 0 Å². The minimum absolute atomic E-state index is 0.452. The maximum absolute atomic E-state index is 4.57. The molecule has 20 heavy (non-hydrogen) atoms. The molecule has 4 heterocycles. The van der Waals surface area contributed by atoms with Gasteiger partial charge in [0.2, 0.25) is 0 Å². The van der Waals surface area contributed by atoms with Gasteiger partial charge in [0.05, 0.1) is 22.0 Å². The molecule has 1 saturated heterocycles. The summed E-state index contributed by atoms with van der Waals surface area (Å²) in [5.74, 6) is 1.06. The average Bonchev–Trinajstić information content (AvgIpc) is 2.95. The standard InChI is InChI=1S/C14H15N5S/c1-9-5-10(2)19(17-9)11-6-18(7-11)14-13-12(3-4-20-13)15-8-16-14/h3-5,8,11H,6-7H2,1-2H3. The van der Waals surface area contributed by atoms with E-state index in [1.54, 1.807) is 17.7 Å². The molecule has 0 N–H and O–H groups in total. The quantitative estimate of drug-likeness (QED) is 0.726. The molecule has 0 aliphatic carbocycles. The summed E-state index contributed by atoms with van der Waals surface area (Å²) in [6.45, 7) is 6.09. The Kier molecular flexibility index (Phi) is 2.53. The highest BCUT2D eigenvalue weighted by Crippen LogP contribution is 2.33. The topological polar surface area (TPSA) is 46.8 Å². The molecule has 102 valence electrons. The van der Waals surface area contributed by atoms with Gasteiger partial charge < -0.3 is 4.90 Å². The van der Waals surface area contributed by atoms with Gasteiger partial charge in [-0.1, -0.05) is 0 Å². The zero-order valence-corrected chi connectivity index (χ0v) is 12.3. The molecule has 0 radical (unpaired) electrons. The number of hydrogen-bond acceptors (Lipinski definition) is 5. The van der Waals surface area contributed by atoms with Crippen LogP contribution >= 0.6 is 11.3 Å². The van der Waals surface area contributed by atoms with E-state index in [9.17, 15) is 0 Å². The molecule has 6 heteroatoms. The van der Waals surface area contributed by atoms with Crippen LogP contribution in [0.2, 0.25) is 0 Å². The highest BCUT2D eigenvalue weighted by atomic mass is 32.1. The lowest BCUT2D eigenvalue weighted by Gasteiger charge is -2.40. The van der Waals surface area contributed by atoms with Crippen molar-refractivity contribution in [2.24, 2.45) is 0 Å². The summed E-state index contributed by atoms with van der Waals surface area (Å²) in [6.07, 6.45) is 1.65. The second-order valence-electron chi connectivity index (χ2n) is 5.26. The van der Waals surface area contributed by atoms with Gasteiger partial charge in [-0.05, 0) is 31.4 Å². The minimum Gasteiger partial charge on any atom is -0.351 e. The van der Waals surface area contributed by atoms with Crippen molar-refractivity contribution < 1.29 is 0 Å². The van der Waals surface area contributed by atoms with E-state index in [1.807, 2.05) is 13.0 Å². The molecule has 1 aliphatic heterocycles. The fourth-order valence-corrected chi connectivity index (χ4v) is 3.66. The van der Waals surface area contributed by atoms with E-state index in [0.29, 0.717) is 6.04 Å². The molecule has 0 spiro atoms. The Labute approximate surface area is 120 Å². The van der Waals surface area contributed by atoms with Crippen LogP contribution in [0, 0.1) is 13.8 Å². The Morgan fingerprint density at radius 2 is 2.10 bits per heavy atom. The van der Waals surface area contributed by atoms with E-state index < -0.39 is 0 Å². The summed E-state index contributed by atoms with van der Waals surface area (Å²) in [5.41, 5.74) is 3.36. The molecule has 0 bridgehead atoms. The molecule has 5 nitrogen and oxygen atoms in total. The number of aryl methyl sites for hydroxylation is 2. The summed E-state index contributed by atoms with van der Waals surface area (Å²) in [7, 11) is 0. The summed E-state index contributed by atoms with van der Waals surface area (Å²) in [6, 6.07) is 4.63. The minimum atomic E-state index is 0.452. The van der Waals surface area contributed by atoms with Crippen molar-refractivity contribution in [3.8, 4) is 0 Å². The maximum atomic E-state index is 4.57. The lowest BCUT2D eigenvalue weighted by molar-refractivity contribution is 0.359. The maximum Gasteiger partial charge on any atom is 0.150 e. The van der Waals surface area contributed by atoms with E-state index >= 15 is 0 Å². The number of hydrogen-bond donors (Lipinski definition) is 0. The van der Waals surface area contributed by atoms with Gasteiger partial charge in [0.25, 0.3) is 0 Å². The summed E-state index contributed by atoms with van der Waals surface area (Å²) in [5, 5.41) is 6.64. The van der Waals surface area contributed by atoms with E-state index in [4.69, 9.17) is 0 Å². The van der Waals surface area contributed by atoms with E-state index in [0.717, 1.165) is 30.1 Å². The first-order valence-electron chi connectivity index (χ1n) is 6.68. The van der Waals surface area contributed by atoms with Gasteiger partial charge in [-0.2, -0.15) is 5.10 Å². The Morgan fingerprint density at radius 1 is 1.25 bits per heavy atom. The van der Waals surface area contributed by atoms with Crippen molar-refractivity contribution in [3.63, 3.8) is 0 Å². The molecular weight excluding hydrogens is 270 g/mol. The van der Waals surface area contributed by atoms with E-state index in [-0.39, 0.29) is 0 Å². The van der Waals surface area contributed by atoms with Crippen LogP contribution in [0.4, 0.5) is 5.82 Å². The third-order valence-corrected chi connectivity index (χ3v) is 4.68. The van der Waals surface area contributed by atoms with Crippen molar-refractivity contribution in [3.05, 3.63) is 35.2 Å². The first kappa shape index (κ1) is 11.8. The van der Waals surface area contributed by atoms with Gasteiger partial charge in [-0.3, -0.25) is 4.68 Å². The fourth-order valence-electron chi connectivity index (χ4n) is 2.80. The zero-order chi connectivity index (χ0) is 13.7. The molecule has 3 aromatic rings. The predicted octanol–water partition coefficient (Wildman–Crippen LogP) is 2.57. The van der Waals surface area contributed by atoms with Gasteiger partial charge >= 0.3 is 0 Å². The largest absolute Gasteiger partial charge is 0.351 e. The van der Waals surface area contributed by atoms with E-state index in [1.165, 1.54) is 10.4 Å². The molecule has 0 amide bonds. The number of rotatable bonds is 2. The normalized spacial score (nSPS) is 15.8. The molecular formula is C14H15N5S. The van der Waals surface area contributed by atoms with Crippen LogP contribution in [0.1, 0.15) is 17.4 Å². The van der Waals surface area contributed by atoms with Crippen LogP contribution in [-0.4, -0.2) is 32.8 Å². The molecule has 0 atom stereocenters. The molecule has 1 aliphatic rings. The lowest BCUT2D eigenvalue weighted by Crippen LogP contribution is -2.48. The predicted molar refractivity (Wildman–Crippen MR) is 80.4 cm³/mol. The second kappa shape index (κ2) is 4.28. The number of aromatic nitrogens is 4. The number of fused-ring (bicyclic) bond motifs is 1. The SMILES string of the molecule is Cc1cc(C)n(C2CN(c3ncnc4ccsc34)C2)n1. The Balaban J connectivity index is 1.59. The van der Waals surface area contributed by atoms with Crippen LogP contribution in [0.15, 0.2) is 23.8 Å². The first-order valence-corrected chi connectivity index (χ1v) is 7.56. The van der Waals surface area contributed by atoms with Crippen LogP contribution in [0.5, 0.6) is 0 Å². The first-order chi connectivity index (χ1) is 9.72. The third kappa shape index (κ3) is 1.71. The Bertz CT molecular complexity index is 769. The third-order valence-electron chi connectivity index (χ3n) is 3.78. The van der Waals surface area contributed by atoms with Crippen LogP contribution < -0.4 is 4.90 Å². The van der Waals surface area contributed by atoms with Crippen molar-refractivity contribution >= 4 is 27.4 Å². The zero-order valence-electron chi connectivity index (χ0n) is 11.4. The fraction of sp³-hybridized carbons (Fsp3) is 0.357. The van der Waals surface area contributed by atoms with Crippen molar-refractivity contribution in [1.29, 1.82) is 0 Å². The molecule has 3 aromatic heterocycles. The van der Waals surface area contributed by atoms with Crippen molar-refractivity contribution in [1.82, 2.24) is 19.7 Å². The summed E-state index contributed by atoms with van der Waals surface area (Å²) < 4.78 is 3.32. The van der Waals surface area contributed by atoms with Crippen LogP contribution in [-0.2, 0) is 0 Å².